The predicted octanol–water partition coefficient (Wildman–Crippen LogP) is 4.55. The van der Waals surface area contributed by atoms with Gasteiger partial charge in [-0.15, -0.1) is 22.9 Å². The molecule has 0 saturated heterocycles. The highest BCUT2D eigenvalue weighted by Gasteiger charge is 2.08. The SMILES string of the molecule is Cc1cc(/N=N/c2cc(S)c(O)c3ccccc23)no1. The van der Waals surface area contributed by atoms with Crippen molar-refractivity contribution in [1.82, 2.24) is 5.16 Å². The van der Waals surface area contributed by atoms with Gasteiger partial charge in [0.2, 0.25) is 5.82 Å². The molecule has 0 atom stereocenters. The number of rotatable bonds is 2. The van der Waals surface area contributed by atoms with Gasteiger partial charge >= 0.3 is 0 Å². The first-order valence-electron chi connectivity index (χ1n) is 5.94. The summed E-state index contributed by atoms with van der Waals surface area (Å²) in [5.74, 6) is 1.21. The first-order chi connectivity index (χ1) is 9.65. The summed E-state index contributed by atoms with van der Waals surface area (Å²) in [4.78, 5) is 0.453. The number of fused-ring (bicyclic) bond motifs is 1. The molecule has 100 valence electrons. The van der Waals surface area contributed by atoms with Crippen LogP contribution in [0, 0.1) is 6.92 Å². The van der Waals surface area contributed by atoms with Gasteiger partial charge in [-0.05, 0) is 13.0 Å². The largest absolute Gasteiger partial charge is 0.506 e. The Hall–Kier alpha value is -2.34. The number of nitrogens with zero attached hydrogens (tertiary/aromatic N) is 3. The van der Waals surface area contributed by atoms with E-state index in [9.17, 15) is 5.11 Å². The van der Waals surface area contributed by atoms with E-state index in [2.05, 4.69) is 28.0 Å². The number of thiol groups is 1. The van der Waals surface area contributed by atoms with Gasteiger partial charge < -0.3 is 9.63 Å². The molecule has 0 aliphatic heterocycles. The van der Waals surface area contributed by atoms with Crippen LogP contribution >= 0.6 is 12.6 Å². The number of azo groups is 1. The van der Waals surface area contributed by atoms with E-state index in [-0.39, 0.29) is 5.75 Å². The summed E-state index contributed by atoms with van der Waals surface area (Å²) in [5, 5.41) is 23.4. The minimum Gasteiger partial charge on any atom is -0.506 e. The number of aromatic hydroxyl groups is 1. The highest BCUT2D eigenvalue weighted by Crippen LogP contribution is 2.38. The first kappa shape index (κ1) is 12.7. The Labute approximate surface area is 120 Å². The van der Waals surface area contributed by atoms with Gasteiger partial charge in [0.25, 0.3) is 0 Å². The summed E-state index contributed by atoms with van der Waals surface area (Å²) in [6.07, 6.45) is 0. The zero-order valence-electron chi connectivity index (χ0n) is 10.6. The Morgan fingerprint density at radius 1 is 1.15 bits per heavy atom. The maximum Gasteiger partial charge on any atom is 0.216 e. The van der Waals surface area contributed by atoms with Gasteiger partial charge in [0.1, 0.15) is 11.5 Å². The molecule has 3 rings (SSSR count). The molecule has 0 spiro atoms. The second-order valence-electron chi connectivity index (χ2n) is 4.30. The van der Waals surface area contributed by atoms with E-state index < -0.39 is 0 Å². The molecule has 0 radical (unpaired) electrons. The van der Waals surface area contributed by atoms with E-state index in [4.69, 9.17) is 4.52 Å². The van der Waals surface area contributed by atoms with Crippen LogP contribution in [0.1, 0.15) is 5.76 Å². The van der Waals surface area contributed by atoms with Crippen molar-refractivity contribution < 1.29 is 9.63 Å². The van der Waals surface area contributed by atoms with Crippen LogP contribution in [-0.2, 0) is 0 Å². The maximum absolute atomic E-state index is 10.00. The third-order valence-electron chi connectivity index (χ3n) is 2.85. The summed E-state index contributed by atoms with van der Waals surface area (Å²) in [6, 6.07) is 10.7. The molecule has 0 fully saturated rings. The Bertz CT molecular complexity index is 811. The number of hydrogen-bond donors (Lipinski definition) is 2. The average molecular weight is 285 g/mol. The Kier molecular flexibility index (Phi) is 3.15. The zero-order valence-corrected chi connectivity index (χ0v) is 11.5. The van der Waals surface area contributed by atoms with Crippen molar-refractivity contribution in [1.29, 1.82) is 0 Å². The van der Waals surface area contributed by atoms with Crippen LogP contribution in [0.2, 0.25) is 0 Å². The monoisotopic (exact) mass is 285 g/mol. The third kappa shape index (κ3) is 2.25. The quantitative estimate of drug-likeness (QED) is 0.536. The maximum atomic E-state index is 10.00. The fourth-order valence-corrected chi connectivity index (χ4v) is 2.16. The van der Waals surface area contributed by atoms with E-state index in [0.29, 0.717) is 27.5 Å². The lowest BCUT2D eigenvalue weighted by molar-refractivity contribution is 0.399. The van der Waals surface area contributed by atoms with Gasteiger partial charge in [0.15, 0.2) is 0 Å². The number of phenolic OH excluding ortho intramolecular Hbond substituents is 1. The second-order valence-corrected chi connectivity index (χ2v) is 4.79. The minimum absolute atomic E-state index is 0.139. The van der Waals surface area contributed by atoms with Crippen molar-refractivity contribution in [3.8, 4) is 5.75 Å². The number of hydrogen-bond acceptors (Lipinski definition) is 6. The zero-order chi connectivity index (χ0) is 14.1. The molecule has 5 nitrogen and oxygen atoms in total. The topological polar surface area (TPSA) is 71.0 Å². The molecule has 0 aliphatic carbocycles. The average Bonchev–Trinajstić information content (AvgIpc) is 2.87. The van der Waals surface area contributed by atoms with Crippen LogP contribution in [-0.4, -0.2) is 10.3 Å². The van der Waals surface area contributed by atoms with Gasteiger partial charge in [-0.3, -0.25) is 0 Å². The Morgan fingerprint density at radius 3 is 2.60 bits per heavy atom. The summed E-state index contributed by atoms with van der Waals surface area (Å²) in [7, 11) is 0. The van der Waals surface area contributed by atoms with Crippen LogP contribution < -0.4 is 0 Å². The standard InChI is InChI=1S/C14H11N3O2S/c1-8-6-13(17-19-8)16-15-11-7-12(20)14(18)10-5-3-2-4-9(10)11/h2-7,18,20H,1H3/b16-15+. The van der Waals surface area contributed by atoms with Crippen molar-refractivity contribution in [2.45, 2.75) is 11.8 Å². The Morgan fingerprint density at radius 2 is 1.90 bits per heavy atom. The molecule has 2 aromatic carbocycles. The molecule has 1 aromatic heterocycles. The van der Waals surface area contributed by atoms with Gasteiger partial charge in [0.05, 0.1) is 5.69 Å². The van der Waals surface area contributed by atoms with Gasteiger partial charge in [-0.25, -0.2) is 0 Å². The molecule has 0 amide bonds. The molecular formula is C14H11N3O2S. The lowest BCUT2D eigenvalue weighted by atomic mass is 10.1. The van der Waals surface area contributed by atoms with E-state index in [0.717, 1.165) is 5.39 Å². The van der Waals surface area contributed by atoms with Crippen molar-refractivity contribution in [2.75, 3.05) is 0 Å². The molecule has 1 heterocycles. The summed E-state index contributed by atoms with van der Waals surface area (Å²) in [5.41, 5.74) is 0.615. The highest BCUT2D eigenvalue weighted by atomic mass is 32.1. The van der Waals surface area contributed by atoms with E-state index in [1.807, 2.05) is 24.3 Å². The van der Waals surface area contributed by atoms with Crippen LogP contribution in [0.25, 0.3) is 10.8 Å². The summed E-state index contributed by atoms with van der Waals surface area (Å²) < 4.78 is 4.92. The molecule has 0 bridgehead atoms. The lowest BCUT2D eigenvalue weighted by Crippen LogP contribution is -1.77. The highest BCUT2D eigenvalue weighted by molar-refractivity contribution is 7.80. The number of benzene rings is 2. The first-order valence-corrected chi connectivity index (χ1v) is 6.38. The van der Waals surface area contributed by atoms with Crippen LogP contribution in [0.5, 0.6) is 5.75 Å². The molecule has 0 saturated carbocycles. The van der Waals surface area contributed by atoms with Crippen LogP contribution in [0.4, 0.5) is 11.5 Å². The normalized spacial score (nSPS) is 11.5. The van der Waals surface area contributed by atoms with Gasteiger partial charge in [-0.1, -0.05) is 29.4 Å². The molecule has 20 heavy (non-hydrogen) atoms. The van der Waals surface area contributed by atoms with Crippen LogP contribution in [0.15, 0.2) is 56.0 Å². The minimum atomic E-state index is 0.139. The van der Waals surface area contributed by atoms with Crippen molar-refractivity contribution >= 4 is 34.9 Å². The molecular weight excluding hydrogens is 274 g/mol. The van der Waals surface area contributed by atoms with Crippen molar-refractivity contribution in [2.24, 2.45) is 10.2 Å². The Balaban J connectivity index is 2.12. The van der Waals surface area contributed by atoms with Crippen LogP contribution in [0.3, 0.4) is 0 Å². The number of aromatic nitrogens is 1. The van der Waals surface area contributed by atoms with E-state index in [1.165, 1.54) is 0 Å². The molecule has 1 N–H and O–H groups in total. The smallest absolute Gasteiger partial charge is 0.216 e. The fraction of sp³-hybridized carbons (Fsp3) is 0.0714. The molecule has 6 heteroatoms. The number of aryl methyl sites for hydroxylation is 1. The predicted molar refractivity (Wildman–Crippen MR) is 78.3 cm³/mol. The second kappa shape index (κ2) is 4.97. The summed E-state index contributed by atoms with van der Waals surface area (Å²) in [6.45, 7) is 1.79. The summed E-state index contributed by atoms with van der Waals surface area (Å²) >= 11 is 4.24. The van der Waals surface area contributed by atoms with E-state index in [1.54, 1.807) is 19.1 Å². The fourth-order valence-electron chi connectivity index (χ4n) is 1.91. The number of phenols is 1. The van der Waals surface area contributed by atoms with Crippen molar-refractivity contribution in [3.05, 3.63) is 42.2 Å². The molecule has 0 aliphatic rings. The lowest BCUT2D eigenvalue weighted by Gasteiger charge is -2.06. The van der Waals surface area contributed by atoms with Gasteiger partial charge in [0, 0.05) is 21.7 Å². The van der Waals surface area contributed by atoms with Crippen molar-refractivity contribution in [3.63, 3.8) is 0 Å². The van der Waals surface area contributed by atoms with E-state index >= 15 is 0 Å². The molecule has 3 aromatic rings. The van der Waals surface area contributed by atoms with Gasteiger partial charge in [-0.2, -0.15) is 0 Å². The third-order valence-corrected chi connectivity index (χ3v) is 3.19. The molecule has 0 unspecified atom stereocenters.